The van der Waals surface area contributed by atoms with E-state index in [1.807, 2.05) is 54.9 Å². The van der Waals surface area contributed by atoms with Crippen LogP contribution in [0.25, 0.3) is 22.5 Å². The molecule has 0 spiro atoms. The van der Waals surface area contributed by atoms with Crippen LogP contribution in [0, 0.1) is 12.1 Å². The number of rotatable bonds is 4. The molecule has 0 bridgehead atoms. The van der Waals surface area contributed by atoms with Gasteiger partial charge in [0.15, 0.2) is 0 Å². The van der Waals surface area contributed by atoms with Gasteiger partial charge in [-0.2, -0.15) is 0 Å². The molecule has 3 aromatic carbocycles. The van der Waals surface area contributed by atoms with E-state index in [2.05, 4.69) is 74.1 Å². The summed E-state index contributed by atoms with van der Waals surface area (Å²) < 4.78 is 12.8. The van der Waals surface area contributed by atoms with Crippen LogP contribution < -0.4 is 25.9 Å². The molecule has 4 nitrogen and oxygen atoms in total. The first-order chi connectivity index (χ1) is 19.0. The first-order valence-electron chi connectivity index (χ1n) is 13.5. The summed E-state index contributed by atoms with van der Waals surface area (Å²) in [6.45, 7) is 8.64. The van der Waals surface area contributed by atoms with Gasteiger partial charge in [-0.05, 0) is 47.5 Å². The van der Waals surface area contributed by atoms with Gasteiger partial charge in [0.2, 0.25) is 6.71 Å². The van der Waals surface area contributed by atoms with E-state index in [0.29, 0.717) is 11.8 Å². The number of hydrogen-bond donors (Lipinski definition) is 0. The number of ether oxygens (including phenoxy) is 2. The molecule has 4 heterocycles. The van der Waals surface area contributed by atoms with Crippen LogP contribution in [0.3, 0.4) is 0 Å². The van der Waals surface area contributed by atoms with Crippen molar-refractivity contribution in [1.29, 1.82) is 0 Å². The van der Waals surface area contributed by atoms with E-state index in [1.54, 1.807) is 0 Å². The van der Waals surface area contributed by atoms with E-state index in [9.17, 15) is 0 Å². The number of nitrogens with zero attached hydrogens (tertiary/aromatic N) is 2. The molecule has 2 aliphatic heterocycles. The minimum atomic E-state index is -0.134. The zero-order valence-corrected chi connectivity index (χ0v) is 25.0. The van der Waals surface area contributed by atoms with Crippen LogP contribution >= 0.6 is 0 Å². The Hall–Kier alpha value is -3.69. The molecule has 7 rings (SSSR count). The summed E-state index contributed by atoms with van der Waals surface area (Å²) in [7, 11) is 0. The third-order valence-corrected chi connectivity index (χ3v) is 7.66. The molecule has 5 aromatic rings. The molecule has 40 heavy (non-hydrogen) atoms. The van der Waals surface area contributed by atoms with Crippen molar-refractivity contribution in [3.8, 4) is 45.5 Å². The van der Waals surface area contributed by atoms with E-state index in [1.165, 1.54) is 11.1 Å². The molecule has 198 valence electrons. The number of hydrogen-bond acceptors (Lipinski definition) is 4. The molecule has 0 radical (unpaired) electrons. The molecule has 6 heteroatoms. The summed E-state index contributed by atoms with van der Waals surface area (Å²) in [5, 5.41) is 0. The smallest absolute Gasteiger partial charge is 0.503 e. The van der Waals surface area contributed by atoms with Crippen LogP contribution in [-0.2, 0) is 21.1 Å². The maximum atomic E-state index is 6.39. The normalized spacial score (nSPS) is 12.6. The van der Waals surface area contributed by atoms with Gasteiger partial charge in [0.25, 0.3) is 0 Å². The maximum Gasteiger partial charge on any atom is 2.00 e. The van der Waals surface area contributed by atoms with Crippen LogP contribution in [-0.4, -0.2) is 16.7 Å². The van der Waals surface area contributed by atoms with Gasteiger partial charge in [-0.3, -0.25) is 0 Å². The molecule has 0 atom stereocenters. The summed E-state index contributed by atoms with van der Waals surface area (Å²) in [5.41, 5.74) is 9.13. The molecule has 2 aliphatic rings. The Kier molecular flexibility index (Phi) is 6.88. The van der Waals surface area contributed by atoms with Gasteiger partial charge in [-0.25, -0.2) is 0 Å². The average molecular weight is 701 g/mol. The van der Waals surface area contributed by atoms with Gasteiger partial charge in [-0.1, -0.05) is 57.0 Å². The van der Waals surface area contributed by atoms with Gasteiger partial charge in [-0.15, -0.1) is 58.5 Å². The van der Waals surface area contributed by atoms with Crippen LogP contribution in [0.4, 0.5) is 0 Å². The summed E-state index contributed by atoms with van der Waals surface area (Å²) in [5.74, 6) is 4.02. The van der Waals surface area contributed by atoms with E-state index in [-0.39, 0.29) is 27.8 Å². The summed E-state index contributed by atoms with van der Waals surface area (Å²) >= 11 is 0. The van der Waals surface area contributed by atoms with Crippen LogP contribution in [0.15, 0.2) is 79.1 Å². The first-order valence-corrected chi connectivity index (χ1v) is 13.5. The van der Waals surface area contributed by atoms with Crippen molar-refractivity contribution >= 4 is 23.1 Å². The SMILES string of the molecule is CC(C)c1ccnc(-c2[c-]c3c(cc2)Oc2cccc4c2B3c2[c-]c(-c3cc(C(C)C)ccn3)ccc2O4)c1.[Pt+2]. The monoisotopic (exact) mass is 701 g/mol. The Labute approximate surface area is 250 Å². The van der Waals surface area contributed by atoms with Crippen molar-refractivity contribution < 1.29 is 30.5 Å². The summed E-state index contributed by atoms with van der Waals surface area (Å²) in [6, 6.07) is 30.0. The van der Waals surface area contributed by atoms with Gasteiger partial charge < -0.3 is 19.4 Å². The Morgan fingerprint density at radius 2 is 1.10 bits per heavy atom. The van der Waals surface area contributed by atoms with Crippen molar-refractivity contribution in [3.63, 3.8) is 0 Å². The molecule has 0 amide bonds. The molecular weight excluding hydrogens is 674 g/mol. The fraction of sp³-hybridized carbons (Fsp3) is 0.176. The van der Waals surface area contributed by atoms with Crippen molar-refractivity contribution in [2.45, 2.75) is 39.5 Å². The molecule has 0 aliphatic carbocycles. The zero-order chi connectivity index (χ0) is 26.7. The zero-order valence-electron chi connectivity index (χ0n) is 22.8. The van der Waals surface area contributed by atoms with Crippen molar-refractivity contribution in [3.05, 3.63) is 102 Å². The average Bonchev–Trinajstić information content (AvgIpc) is 2.96. The quantitative estimate of drug-likeness (QED) is 0.158. The fourth-order valence-corrected chi connectivity index (χ4v) is 5.46. The predicted molar refractivity (Wildman–Crippen MR) is 156 cm³/mol. The van der Waals surface area contributed by atoms with Crippen molar-refractivity contribution in [2.75, 3.05) is 0 Å². The molecular formula is C34H27BN2O2Pt. The standard InChI is InChI=1S/C34H27BN2O2.Pt/c1-20(2)22-12-14-36-28(18-22)24-8-10-30-26(16-24)35-27-17-25(29-19-23(21(3)4)13-15-37-29)9-11-31(27)39-33-7-5-6-32(38-30)34(33)35;/h5-15,18-21H,1-4H3;/q-2;+2. The predicted octanol–water partition coefficient (Wildman–Crippen LogP) is 6.38. The summed E-state index contributed by atoms with van der Waals surface area (Å²) in [4.78, 5) is 9.35. The van der Waals surface area contributed by atoms with Crippen LogP contribution in [0.1, 0.15) is 50.7 Å². The largest absolute Gasteiger partial charge is 2.00 e. The second-order valence-electron chi connectivity index (χ2n) is 10.9. The molecule has 0 fully saturated rings. The topological polar surface area (TPSA) is 44.2 Å². The Bertz CT molecular complexity index is 1630. The van der Waals surface area contributed by atoms with E-state index < -0.39 is 0 Å². The molecule has 2 aromatic heterocycles. The van der Waals surface area contributed by atoms with Crippen LogP contribution in [0.2, 0.25) is 0 Å². The van der Waals surface area contributed by atoms with E-state index >= 15 is 0 Å². The van der Waals surface area contributed by atoms with Crippen LogP contribution in [0.5, 0.6) is 23.0 Å². The second kappa shape index (κ2) is 10.4. The first kappa shape index (κ1) is 26.5. The minimum absolute atomic E-state index is 0. The third kappa shape index (κ3) is 4.47. The van der Waals surface area contributed by atoms with Crippen molar-refractivity contribution in [1.82, 2.24) is 9.97 Å². The molecule has 0 saturated carbocycles. The minimum Gasteiger partial charge on any atom is -0.503 e. The number of benzene rings is 3. The maximum absolute atomic E-state index is 6.39. The summed E-state index contributed by atoms with van der Waals surface area (Å²) in [6.07, 6.45) is 3.76. The van der Waals surface area contributed by atoms with Gasteiger partial charge >= 0.3 is 21.1 Å². The van der Waals surface area contributed by atoms with Gasteiger partial charge in [0.1, 0.15) is 11.5 Å². The third-order valence-electron chi connectivity index (χ3n) is 7.66. The van der Waals surface area contributed by atoms with Gasteiger partial charge in [0.05, 0.1) is 0 Å². The number of pyridine rings is 2. The van der Waals surface area contributed by atoms with Gasteiger partial charge in [0, 0.05) is 29.4 Å². The Balaban J connectivity index is 0.00000289. The number of aromatic nitrogens is 2. The Morgan fingerprint density at radius 1 is 0.625 bits per heavy atom. The number of fused-ring (bicyclic) bond motifs is 4. The molecule has 0 saturated heterocycles. The second-order valence-corrected chi connectivity index (χ2v) is 10.9. The van der Waals surface area contributed by atoms with E-state index in [4.69, 9.17) is 9.47 Å². The van der Waals surface area contributed by atoms with E-state index in [0.717, 1.165) is 61.9 Å². The molecule has 0 N–H and O–H groups in total. The fourth-order valence-electron chi connectivity index (χ4n) is 5.46. The molecule has 0 unspecified atom stereocenters. The Morgan fingerprint density at radius 3 is 1.55 bits per heavy atom. The van der Waals surface area contributed by atoms with Crippen molar-refractivity contribution in [2.24, 2.45) is 0 Å².